The molecule has 0 heterocycles. The van der Waals surface area contributed by atoms with E-state index >= 15 is 0 Å². The van der Waals surface area contributed by atoms with Crippen LogP contribution < -0.4 is 0 Å². The van der Waals surface area contributed by atoms with Gasteiger partial charge in [0, 0.05) is 6.08 Å². The highest BCUT2D eigenvalue weighted by atomic mass is 32.2. The third kappa shape index (κ3) is 5.43. The molecule has 0 radical (unpaired) electrons. The lowest BCUT2D eigenvalue weighted by molar-refractivity contribution is 2.24. The van der Waals surface area contributed by atoms with E-state index in [-0.39, 0.29) is 0 Å². The lowest BCUT2D eigenvalue weighted by Crippen LogP contribution is -1.41. The smallest absolute Gasteiger partial charge is 0.0304 e. The summed E-state index contributed by atoms with van der Waals surface area (Å²) in [5.74, 6) is 2.70. The van der Waals surface area contributed by atoms with Crippen LogP contribution in [0.2, 0.25) is 0 Å². The van der Waals surface area contributed by atoms with Crippen molar-refractivity contribution in [3.63, 3.8) is 0 Å². The van der Waals surface area contributed by atoms with Crippen LogP contribution in [0.4, 0.5) is 0 Å². The molecule has 0 fully saturated rings. The highest BCUT2D eigenvalue weighted by molar-refractivity contribution is 8.03. The molecular weight excluding hydrogens is 104 g/mol. The topological polar surface area (TPSA) is 0 Å². The van der Waals surface area contributed by atoms with Gasteiger partial charge in [0.25, 0.3) is 0 Å². The van der Waals surface area contributed by atoms with Crippen molar-refractivity contribution in [3.8, 4) is 11.2 Å². The Bertz CT molecular complexity index is 130. The zero-order chi connectivity index (χ0) is 5.54. The molecule has 36 valence electrons. The third-order valence-electron chi connectivity index (χ3n) is 0.335. The Hall–Kier alpha value is -0.570. The molecule has 0 aliphatic carbocycles. The summed E-state index contributed by atoms with van der Waals surface area (Å²) in [6.45, 7) is 3.34. The maximum atomic E-state index is 3.34. The van der Waals surface area contributed by atoms with Gasteiger partial charge in [-0.25, -0.2) is 0 Å². The summed E-state index contributed by atoms with van der Waals surface area (Å²) in [5.41, 5.74) is 2.54. The SMILES string of the molecule is C=C=CC#CSC. The molecule has 0 aromatic rings. The summed E-state index contributed by atoms with van der Waals surface area (Å²) in [6.07, 6.45) is 3.51. The van der Waals surface area contributed by atoms with Crippen LogP contribution in [-0.2, 0) is 0 Å². The van der Waals surface area contributed by atoms with Crippen LogP contribution in [0.5, 0.6) is 0 Å². The highest BCUT2D eigenvalue weighted by Crippen LogP contribution is 1.82. The van der Waals surface area contributed by atoms with Crippen LogP contribution in [0.3, 0.4) is 0 Å². The van der Waals surface area contributed by atoms with Crippen molar-refractivity contribution in [1.29, 1.82) is 0 Å². The largest absolute Gasteiger partial charge is 0.120 e. The van der Waals surface area contributed by atoms with Crippen molar-refractivity contribution in [1.82, 2.24) is 0 Å². The standard InChI is InChI=1S/C6H6S/c1-3-4-5-6-7-2/h4H,1H2,2H3. The third-order valence-corrected chi connectivity index (χ3v) is 0.657. The van der Waals surface area contributed by atoms with Gasteiger partial charge in [-0.15, -0.1) is 5.73 Å². The van der Waals surface area contributed by atoms with E-state index in [9.17, 15) is 0 Å². The lowest BCUT2D eigenvalue weighted by Gasteiger charge is -1.60. The van der Waals surface area contributed by atoms with Crippen LogP contribution >= 0.6 is 11.8 Å². The molecule has 0 aromatic carbocycles. The van der Waals surface area contributed by atoms with E-state index in [2.05, 4.69) is 23.5 Å². The summed E-state index contributed by atoms with van der Waals surface area (Å²) in [4.78, 5) is 0. The quantitative estimate of drug-likeness (QED) is 0.337. The first-order valence-electron chi connectivity index (χ1n) is 1.79. The minimum absolute atomic E-state index is 1.48. The Balaban J connectivity index is 3.45. The second-order valence-corrected chi connectivity index (χ2v) is 1.41. The van der Waals surface area contributed by atoms with Gasteiger partial charge in [-0.2, -0.15) is 0 Å². The van der Waals surface area contributed by atoms with E-state index in [0.717, 1.165) is 0 Å². The molecule has 0 atom stereocenters. The minimum Gasteiger partial charge on any atom is -0.120 e. The fraction of sp³-hybridized carbons (Fsp3) is 0.167. The Labute approximate surface area is 48.3 Å². The van der Waals surface area contributed by atoms with E-state index in [4.69, 9.17) is 0 Å². The van der Waals surface area contributed by atoms with Gasteiger partial charge in [-0.1, -0.05) is 24.3 Å². The van der Waals surface area contributed by atoms with Gasteiger partial charge in [-0.3, -0.25) is 0 Å². The number of thioether (sulfide) groups is 1. The predicted molar refractivity (Wildman–Crippen MR) is 35.0 cm³/mol. The van der Waals surface area contributed by atoms with Gasteiger partial charge < -0.3 is 0 Å². The summed E-state index contributed by atoms with van der Waals surface area (Å²) < 4.78 is 0. The van der Waals surface area contributed by atoms with Gasteiger partial charge in [-0.05, 0) is 11.5 Å². The highest BCUT2D eigenvalue weighted by Gasteiger charge is 1.52. The van der Waals surface area contributed by atoms with E-state index in [1.165, 1.54) is 11.8 Å². The Morgan fingerprint density at radius 3 is 2.86 bits per heavy atom. The zero-order valence-electron chi connectivity index (χ0n) is 4.19. The molecule has 0 saturated carbocycles. The fourth-order valence-corrected chi connectivity index (χ4v) is 0.316. The molecule has 0 aliphatic heterocycles. The second kappa shape index (κ2) is 5.43. The predicted octanol–water partition coefficient (Wildman–Crippen LogP) is 1.65. The zero-order valence-corrected chi connectivity index (χ0v) is 5.01. The molecule has 0 aliphatic rings. The van der Waals surface area contributed by atoms with Crippen LogP contribution in [0.1, 0.15) is 0 Å². The Morgan fingerprint density at radius 2 is 2.43 bits per heavy atom. The number of allylic oxidation sites excluding steroid dienone is 1. The molecule has 0 bridgehead atoms. The number of rotatable bonds is 0. The van der Waals surface area contributed by atoms with Crippen molar-refractivity contribution in [3.05, 3.63) is 18.4 Å². The van der Waals surface area contributed by atoms with Crippen molar-refractivity contribution in [2.24, 2.45) is 0 Å². The molecule has 1 heteroatoms. The van der Waals surface area contributed by atoms with E-state index in [1.54, 1.807) is 6.08 Å². The van der Waals surface area contributed by atoms with Crippen molar-refractivity contribution in [2.45, 2.75) is 0 Å². The summed E-state index contributed by atoms with van der Waals surface area (Å²) in [5, 5.41) is 2.76. The van der Waals surface area contributed by atoms with Gasteiger partial charge in [0.05, 0.1) is 0 Å². The first-order valence-corrected chi connectivity index (χ1v) is 3.02. The summed E-state index contributed by atoms with van der Waals surface area (Å²) in [6, 6.07) is 0. The normalized spacial score (nSPS) is 5.29. The molecule has 0 aromatic heterocycles. The minimum atomic E-state index is 1.48. The Morgan fingerprint density at radius 1 is 1.71 bits per heavy atom. The van der Waals surface area contributed by atoms with Crippen molar-refractivity contribution < 1.29 is 0 Å². The maximum absolute atomic E-state index is 3.34. The first-order chi connectivity index (χ1) is 3.41. The fourth-order valence-electron chi connectivity index (χ4n) is 0.139. The van der Waals surface area contributed by atoms with E-state index < -0.39 is 0 Å². The summed E-state index contributed by atoms with van der Waals surface area (Å²) in [7, 11) is 0. The van der Waals surface area contributed by atoms with Crippen LogP contribution in [0.25, 0.3) is 0 Å². The molecule has 0 amide bonds. The second-order valence-electron chi connectivity index (χ2n) is 0.799. The first kappa shape index (κ1) is 6.43. The van der Waals surface area contributed by atoms with Crippen LogP contribution in [0, 0.1) is 11.2 Å². The van der Waals surface area contributed by atoms with Crippen LogP contribution in [-0.4, -0.2) is 6.26 Å². The van der Waals surface area contributed by atoms with E-state index in [0.29, 0.717) is 0 Å². The van der Waals surface area contributed by atoms with Crippen LogP contribution in [0.15, 0.2) is 18.4 Å². The van der Waals surface area contributed by atoms with Gasteiger partial charge >= 0.3 is 0 Å². The van der Waals surface area contributed by atoms with Gasteiger partial charge in [0.2, 0.25) is 0 Å². The monoisotopic (exact) mass is 110 g/mol. The average molecular weight is 110 g/mol. The number of hydrogen-bond acceptors (Lipinski definition) is 1. The number of hydrogen-bond donors (Lipinski definition) is 0. The molecule has 0 rings (SSSR count). The molecule has 7 heavy (non-hydrogen) atoms. The molecule has 0 N–H and O–H groups in total. The van der Waals surface area contributed by atoms with Crippen molar-refractivity contribution in [2.75, 3.05) is 6.26 Å². The van der Waals surface area contributed by atoms with Gasteiger partial charge in [0.1, 0.15) is 0 Å². The molecule has 0 unspecified atom stereocenters. The molecule has 0 spiro atoms. The molecule has 0 nitrogen and oxygen atoms in total. The molecular formula is C6H6S. The Kier molecular flexibility index (Phi) is 4.99. The lowest BCUT2D eigenvalue weighted by atomic mass is 10.6. The van der Waals surface area contributed by atoms with Gasteiger partial charge in [0.15, 0.2) is 0 Å². The average Bonchev–Trinajstić information content (AvgIpc) is 1.69. The molecule has 0 saturated heterocycles. The maximum Gasteiger partial charge on any atom is 0.0304 e. The van der Waals surface area contributed by atoms with Crippen molar-refractivity contribution >= 4 is 11.8 Å². The summed E-state index contributed by atoms with van der Waals surface area (Å²) >= 11 is 1.48. The van der Waals surface area contributed by atoms with E-state index in [1.807, 2.05) is 6.26 Å².